The minimum Gasteiger partial charge on any atom is -0.494 e. The average molecular weight is 265 g/mol. The highest BCUT2D eigenvalue weighted by molar-refractivity contribution is 5.57. The Morgan fingerprint density at radius 3 is 2.84 bits per heavy atom. The molecule has 0 unspecified atom stereocenters. The summed E-state index contributed by atoms with van der Waals surface area (Å²) in [6.45, 7) is 1.88. The first kappa shape index (κ1) is 13.0. The molecule has 2 rings (SSSR count). The lowest BCUT2D eigenvalue weighted by Gasteiger charge is -2.10. The molecule has 7 heteroatoms. The lowest BCUT2D eigenvalue weighted by molar-refractivity contribution is -0.384. The fraction of sp³-hybridized carbons (Fsp3) is 0.250. The zero-order chi connectivity index (χ0) is 14.0. The predicted molar refractivity (Wildman–Crippen MR) is 66.1 cm³/mol. The summed E-state index contributed by atoms with van der Waals surface area (Å²) < 4.78 is 20.0. The van der Waals surface area contributed by atoms with Crippen LogP contribution in [0.15, 0.2) is 24.5 Å². The van der Waals surface area contributed by atoms with Crippen LogP contribution >= 0.6 is 0 Å². The second-order valence-corrected chi connectivity index (χ2v) is 3.80. The van der Waals surface area contributed by atoms with Gasteiger partial charge in [-0.15, -0.1) is 0 Å². The third-order valence-electron chi connectivity index (χ3n) is 2.74. The molecule has 6 nitrogen and oxygen atoms in total. The third-order valence-corrected chi connectivity index (χ3v) is 2.74. The minimum atomic E-state index is -0.767. The summed E-state index contributed by atoms with van der Waals surface area (Å²) in [4.78, 5) is 14.5. The number of aromatic nitrogens is 2. The van der Waals surface area contributed by atoms with Gasteiger partial charge in [0.2, 0.25) is 0 Å². The second-order valence-electron chi connectivity index (χ2n) is 3.80. The van der Waals surface area contributed by atoms with Crippen molar-refractivity contribution in [2.24, 2.45) is 0 Å². The van der Waals surface area contributed by atoms with Crippen molar-refractivity contribution in [3.8, 4) is 11.4 Å². The molecule has 0 N–H and O–H groups in total. The maximum Gasteiger partial charge on any atom is 0.296 e. The highest BCUT2D eigenvalue weighted by Gasteiger charge is 2.21. The number of nitro benzene ring substituents is 1. The highest BCUT2D eigenvalue weighted by Crippen LogP contribution is 2.31. The van der Waals surface area contributed by atoms with Crippen molar-refractivity contribution in [1.29, 1.82) is 0 Å². The third kappa shape index (κ3) is 2.26. The molecule has 1 aromatic carbocycles. The molecule has 0 saturated heterocycles. The first-order chi connectivity index (χ1) is 9.08. The summed E-state index contributed by atoms with van der Waals surface area (Å²) >= 11 is 0. The molecule has 0 amide bonds. The van der Waals surface area contributed by atoms with Crippen LogP contribution in [-0.2, 0) is 6.42 Å². The monoisotopic (exact) mass is 265 g/mol. The molecule has 0 saturated carbocycles. The van der Waals surface area contributed by atoms with Crippen LogP contribution in [0.4, 0.5) is 10.1 Å². The number of rotatable bonds is 4. The number of hydrogen-bond acceptors (Lipinski definition) is 4. The predicted octanol–water partition coefficient (Wildman–Crippen LogP) is 2.49. The first-order valence-electron chi connectivity index (χ1n) is 5.63. The molecular weight excluding hydrogens is 253 g/mol. The van der Waals surface area contributed by atoms with Crippen LogP contribution in [-0.4, -0.2) is 21.6 Å². The van der Waals surface area contributed by atoms with Gasteiger partial charge in [-0.3, -0.25) is 14.7 Å². The van der Waals surface area contributed by atoms with E-state index in [1.165, 1.54) is 13.2 Å². The molecule has 0 fully saturated rings. The zero-order valence-electron chi connectivity index (χ0n) is 10.5. The van der Waals surface area contributed by atoms with Gasteiger partial charge in [-0.05, 0) is 0 Å². The summed E-state index contributed by atoms with van der Waals surface area (Å²) in [5.74, 6) is -0.163. The van der Waals surface area contributed by atoms with Gasteiger partial charge in [0, 0.05) is 24.9 Å². The molecule has 2 aromatic rings. The van der Waals surface area contributed by atoms with E-state index in [2.05, 4.69) is 4.98 Å². The molecular formula is C12H12FN3O3. The SMILES string of the molecule is CCc1nccn1-c1cc(OC)c(F)cc1[N+](=O)[O-]. The van der Waals surface area contributed by atoms with E-state index in [9.17, 15) is 14.5 Å². The van der Waals surface area contributed by atoms with E-state index in [-0.39, 0.29) is 17.1 Å². The van der Waals surface area contributed by atoms with Crippen molar-refractivity contribution in [2.45, 2.75) is 13.3 Å². The molecule has 0 aliphatic heterocycles. The van der Waals surface area contributed by atoms with Gasteiger partial charge in [0.25, 0.3) is 5.69 Å². The van der Waals surface area contributed by atoms with Crippen LogP contribution in [0, 0.1) is 15.9 Å². The van der Waals surface area contributed by atoms with Crippen molar-refractivity contribution >= 4 is 5.69 Å². The van der Waals surface area contributed by atoms with E-state index in [0.717, 1.165) is 6.07 Å². The number of imidazole rings is 1. The van der Waals surface area contributed by atoms with Gasteiger partial charge >= 0.3 is 0 Å². The van der Waals surface area contributed by atoms with Crippen molar-refractivity contribution in [2.75, 3.05) is 7.11 Å². The zero-order valence-corrected chi connectivity index (χ0v) is 10.5. The topological polar surface area (TPSA) is 70.2 Å². The Morgan fingerprint density at radius 1 is 1.53 bits per heavy atom. The summed E-state index contributed by atoms with van der Waals surface area (Å²) in [5, 5.41) is 11.0. The Kier molecular flexibility index (Phi) is 3.46. The lowest BCUT2D eigenvalue weighted by atomic mass is 10.2. The fourth-order valence-corrected chi connectivity index (χ4v) is 1.84. The second kappa shape index (κ2) is 5.05. The fourth-order valence-electron chi connectivity index (χ4n) is 1.84. The minimum absolute atomic E-state index is 0.0450. The molecule has 1 heterocycles. The quantitative estimate of drug-likeness (QED) is 0.629. The van der Waals surface area contributed by atoms with Crippen LogP contribution in [0.2, 0.25) is 0 Å². The van der Waals surface area contributed by atoms with E-state index in [1.54, 1.807) is 17.0 Å². The Morgan fingerprint density at radius 2 is 2.26 bits per heavy atom. The van der Waals surface area contributed by atoms with E-state index in [0.29, 0.717) is 12.2 Å². The van der Waals surface area contributed by atoms with Gasteiger partial charge in [0.05, 0.1) is 18.1 Å². The molecule has 0 aliphatic rings. The first-order valence-corrected chi connectivity index (χ1v) is 5.63. The lowest BCUT2D eigenvalue weighted by Crippen LogP contribution is -2.05. The van der Waals surface area contributed by atoms with Gasteiger partial charge in [-0.1, -0.05) is 6.92 Å². The van der Waals surface area contributed by atoms with Crippen LogP contribution < -0.4 is 4.74 Å². The van der Waals surface area contributed by atoms with Crippen LogP contribution in [0.5, 0.6) is 5.75 Å². The van der Waals surface area contributed by atoms with Gasteiger partial charge in [-0.25, -0.2) is 9.37 Å². The van der Waals surface area contributed by atoms with Crippen molar-refractivity contribution < 1.29 is 14.1 Å². The number of benzene rings is 1. The number of nitro groups is 1. The molecule has 0 aliphatic carbocycles. The maximum absolute atomic E-state index is 13.6. The number of nitrogens with zero attached hydrogens (tertiary/aromatic N) is 3. The summed E-state index contributed by atoms with van der Waals surface area (Å²) in [7, 11) is 1.31. The highest BCUT2D eigenvalue weighted by atomic mass is 19.1. The Bertz CT molecular complexity index is 625. The Hall–Kier alpha value is -2.44. The van der Waals surface area contributed by atoms with Gasteiger partial charge in [-0.2, -0.15) is 0 Å². The maximum atomic E-state index is 13.6. The number of aryl methyl sites for hydroxylation is 1. The number of hydrogen-bond donors (Lipinski definition) is 0. The van der Waals surface area contributed by atoms with Crippen molar-refractivity contribution in [3.63, 3.8) is 0 Å². The molecule has 0 bridgehead atoms. The van der Waals surface area contributed by atoms with Crippen LogP contribution in [0.3, 0.4) is 0 Å². The van der Waals surface area contributed by atoms with Gasteiger partial charge in [0.15, 0.2) is 11.6 Å². The summed E-state index contributed by atoms with van der Waals surface area (Å²) in [5.41, 5.74) is -0.0939. The van der Waals surface area contributed by atoms with Crippen LogP contribution in [0.25, 0.3) is 5.69 Å². The van der Waals surface area contributed by atoms with Crippen molar-refractivity contribution in [1.82, 2.24) is 9.55 Å². The van der Waals surface area contributed by atoms with E-state index >= 15 is 0 Å². The van der Waals surface area contributed by atoms with Gasteiger partial charge in [0.1, 0.15) is 11.5 Å². The van der Waals surface area contributed by atoms with E-state index in [4.69, 9.17) is 4.74 Å². The van der Waals surface area contributed by atoms with Crippen molar-refractivity contribution in [3.05, 3.63) is 46.3 Å². The normalized spacial score (nSPS) is 10.5. The molecule has 19 heavy (non-hydrogen) atoms. The van der Waals surface area contributed by atoms with E-state index < -0.39 is 10.7 Å². The molecule has 0 radical (unpaired) electrons. The molecule has 100 valence electrons. The molecule has 0 atom stereocenters. The Balaban J connectivity index is 2.70. The summed E-state index contributed by atoms with van der Waals surface area (Å²) in [6.07, 6.45) is 3.74. The largest absolute Gasteiger partial charge is 0.494 e. The van der Waals surface area contributed by atoms with Crippen LogP contribution in [0.1, 0.15) is 12.7 Å². The smallest absolute Gasteiger partial charge is 0.296 e. The summed E-state index contributed by atoms with van der Waals surface area (Å²) in [6, 6.07) is 2.15. The number of ether oxygens (including phenoxy) is 1. The Labute approximate surface area is 108 Å². The van der Waals surface area contributed by atoms with Gasteiger partial charge < -0.3 is 4.74 Å². The van der Waals surface area contributed by atoms with E-state index in [1.807, 2.05) is 6.92 Å². The number of halogens is 1. The number of methoxy groups -OCH3 is 1. The molecule has 0 spiro atoms. The average Bonchev–Trinajstić information content (AvgIpc) is 2.86. The molecule has 1 aromatic heterocycles. The standard InChI is InChI=1S/C12H12FN3O3/c1-3-12-14-4-5-15(12)9-7-11(19-2)8(13)6-10(9)16(17)18/h4-7H,3H2,1-2H3.